The molecule has 0 spiro atoms. The van der Waals surface area contributed by atoms with Crippen molar-refractivity contribution in [2.45, 2.75) is 13.3 Å². The lowest BCUT2D eigenvalue weighted by Crippen LogP contribution is -2.15. The number of hydrogen-bond acceptors (Lipinski definition) is 5. The fourth-order valence-corrected chi connectivity index (χ4v) is 2.91. The summed E-state index contributed by atoms with van der Waals surface area (Å²) in [5, 5.41) is 7.49. The normalized spacial score (nSPS) is 10.3. The van der Waals surface area contributed by atoms with Crippen molar-refractivity contribution in [1.82, 2.24) is 9.97 Å². The lowest BCUT2D eigenvalue weighted by atomic mass is 10.1. The largest absolute Gasteiger partial charge is 0.321 e. The predicted octanol–water partition coefficient (Wildman–Crippen LogP) is 3.28. The number of hydrogen-bond donors (Lipinski definition) is 2. The Labute approximate surface area is 149 Å². The van der Waals surface area contributed by atoms with Gasteiger partial charge in [-0.2, -0.15) is 0 Å². The molecule has 0 aliphatic carbocycles. The highest BCUT2D eigenvalue weighted by molar-refractivity contribution is 7.14. The number of anilines is 2. The van der Waals surface area contributed by atoms with Gasteiger partial charge in [-0.25, -0.2) is 4.98 Å². The number of carbonyl (C=O) groups excluding carboxylic acids is 2. The molecule has 6 nitrogen and oxygen atoms in total. The summed E-state index contributed by atoms with van der Waals surface area (Å²) in [5.41, 5.74) is 2.64. The number of nitrogens with zero attached hydrogens (tertiary/aromatic N) is 2. The zero-order chi connectivity index (χ0) is 17.6. The third kappa shape index (κ3) is 4.71. The monoisotopic (exact) mass is 352 g/mol. The van der Waals surface area contributed by atoms with Crippen molar-refractivity contribution in [1.29, 1.82) is 0 Å². The van der Waals surface area contributed by atoms with E-state index in [9.17, 15) is 9.59 Å². The van der Waals surface area contributed by atoms with Crippen LogP contribution in [-0.2, 0) is 11.2 Å². The molecule has 0 bridgehead atoms. The van der Waals surface area contributed by atoms with Gasteiger partial charge in [-0.1, -0.05) is 30.3 Å². The number of rotatable bonds is 5. The molecule has 0 fully saturated rings. The lowest BCUT2D eigenvalue weighted by molar-refractivity contribution is -0.115. The standard InChI is InChI=1S/C18H16N4O2S/c1-12-9-14(7-8-19-12)20-17(24)15-11-25-18(21-15)22-16(23)10-13-5-3-2-4-6-13/h2-9,11H,10H2,1H3,(H,19,20,24)(H,21,22,23). The first-order chi connectivity index (χ1) is 12.1. The second kappa shape index (κ2) is 7.67. The number of aryl methyl sites for hydroxylation is 1. The predicted molar refractivity (Wildman–Crippen MR) is 97.8 cm³/mol. The van der Waals surface area contributed by atoms with Gasteiger partial charge in [0.15, 0.2) is 5.13 Å². The summed E-state index contributed by atoms with van der Waals surface area (Å²) in [7, 11) is 0. The van der Waals surface area contributed by atoms with Crippen LogP contribution in [0.2, 0.25) is 0 Å². The van der Waals surface area contributed by atoms with Crippen LogP contribution in [0.3, 0.4) is 0 Å². The van der Waals surface area contributed by atoms with E-state index < -0.39 is 0 Å². The lowest BCUT2D eigenvalue weighted by Gasteiger charge is -2.03. The number of benzene rings is 1. The second-order valence-electron chi connectivity index (χ2n) is 5.39. The molecule has 25 heavy (non-hydrogen) atoms. The molecule has 3 aromatic rings. The smallest absolute Gasteiger partial charge is 0.275 e. The van der Waals surface area contributed by atoms with Crippen molar-refractivity contribution < 1.29 is 9.59 Å². The fourth-order valence-electron chi connectivity index (χ4n) is 2.20. The molecule has 0 aliphatic heterocycles. The molecule has 2 N–H and O–H groups in total. The Kier molecular flexibility index (Phi) is 5.15. The highest BCUT2D eigenvalue weighted by Gasteiger charge is 2.13. The van der Waals surface area contributed by atoms with Crippen molar-refractivity contribution >= 4 is 34.0 Å². The molecule has 0 aliphatic rings. The van der Waals surface area contributed by atoms with Gasteiger partial charge < -0.3 is 10.6 Å². The van der Waals surface area contributed by atoms with E-state index in [2.05, 4.69) is 20.6 Å². The van der Waals surface area contributed by atoms with E-state index in [1.165, 1.54) is 11.3 Å². The minimum absolute atomic E-state index is 0.169. The van der Waals surface area contributed by atoms with Gasteiger partial charge in [0, 0.05) is 23.0 Å². The minimum Gasteiger partial charge on any atom is -0.321 e. The van der Waals surface area contributed by atoms with Crippen LogP contribution in [0, 0.1) is 6.92 Å². The summed E-state index contributed by atoms with van der Waals surface area (Å²) >= 11 is 1.21. The number of nitrogens with one attached hydrogen (secondary N) is 2. The number of amides is 2. The van der Waals surface area contributed by atoms with Gasteiger partial charge in [0.25, 0.3) is 5.91 Å². The summed E-state index contributed by atoms with van der Waals surface area (Å²) in [5.74, 6) is -0.498. The maximum absolute atomic E-state index is 12.2. The Morgan fingerprint density at radius 1 is 1.12 bits per heavy atom. The maximum atomic E-state index is 12.2. The van der Waals surface area contributed by atoms with Gasteiger partial charge in [-0.05, 0) is 24.6 Å². The highest BCUT2D eigenvalue weighted by atomic mass is 32.1. The topological polar surface area (TPSA) is 84.0 Å². The molecule has 1 aromatic carbocycles. The maximum Gasteiger partial charge on any atom is 0.275 e. The van der Waals surface area contributed by atoms with Crippen molar-refractivity contribution in [3.63, 3.8) is 0 Å². The van der Waals surface area contributed by atoms with E-state index >= 15 is 0 Å². The van der Waals surface area contributed by atoms with Crippen LogP contribution in [-0.4, -0.2) is 21.8 Å². The Balaban J connectivity index is 1.60. The van der Waals surface area contributed by atoms with Crippen LogP contribution in [0.5, 0.6) is 0 Å². The Bertz CT molecular complexity index is 893. The summed E-state index contributed by atoms with van der Waals surface area (Å²) in [4.78, 5) is 32.5. The van der Waals surface area contributed by atoms with Crippen LogP contribution in [0.1, 0.15) is 21.7 Å². The Morgan fingerprint density at radius 2 is 1.92 bits per heavy atom. The quantitative estimate of drug-likeness (QED) is 0.738. The molecule has 2 heterocycles. The number of pyridine rings is 1. The SMILES string of the molecule is Cc1cc(NC(=O)c2csc(NC(=O)Cc3ccccc3)n2)ccn1. The first kappa shape index (κ1) is 16.8. The molecule has 126 valence electrons. The molecule has 3 rings (SSSR count). The summed E-state index contributed by atoms with van der Waals surface area (Å²) in [6.45, 7) is 1.85. The van der Waals surface area contributed by atoms with Crippen LogP contribution in [0.15, 0.2) is 54.0 Å². The average molecular weight is 352 g/mol. The van der Waals surface area contributed by atoms with Crippen molar-refractivity contribution in [3.05, 3.63) is 71.0 Å². The van der Waals surface area contributed by atoms with Gasteiger partial charge in [0.1, 0.15) is 5.69 Å². The number of carbonyl (C=O) groups is 2. The fraction of sp³-hybridized carbons (Fsp3) is 0.111. The van der Waals surface area contributed by atoms with Crippen LogP contribution >= 0.6 is 11.3 Å². The van der Waals surface area contributed by atoms with Crippen LogP contribution < -0.4 is 10.6 Å². The molecule has 2 amide bonds. The van der Waals surface area contributed by atoms with Gasteiger partial charge in [-0.15, -0.1) is 11.3 Å². The van der Waals surface area contributed by atoms with E-state index in [4.69, 9.17) is 0 Å². The van der Waals surface area contributed by atoms with Crippen LogP contribution in [0.4, 0.5) is 10.8 Å². The van der Waals surface area contributed by atoms with Gasteiger partial charge in [0.2, 0.25) is 5.91 Å². The third-order valence-corrected chi connectivity index (χ3v) is 4.10. The van der Waals surface area contributed by atoms with Gasteiger partial charge in [0.05, 0.1) is 6.42 Å². The molecule has 0 saturated heterocycles. The van der Waals surface area contributed by atoms with Crippen LogP contribution in [0.25, 0.3) is 0 Å². The summed E-state index contributed by atoms with van der Waals surface area (Å²) in [6.07, 6.45) is 1.89. The zero-order valence-corrected chi connectivity index (χ0v) is 14.3. The Hall–Kier alpha value is -3.06. The minimum atomic E-state index is -0.328. The first-order valence-electron chi connectivity index (χ1n) is 7.63. The van der Waals surface area contributed by atoms with E-state index in [1.54, 1.807) is 23.7 Å². The second-order valence-corrected chi connectivity index (χ2v) is 6.25. The average Bonchev–Trinajstić information content (AvgIpc) is 3.04. The van der Waals surface area contributed by atoms with Crippen molar-refractivity contribution in [2.75, 3.05) is 10.6 Å². The first-order valence-corrected chi connectivity index (χ1v) is 8.51. The molecule has 0 unspecified atom stereocenters. The molecular weight excluding hydrogens is 336 g/mol. The zero-order valence-electron chi connectivity index (χ0n) is 13.5. The van der Waals surface area contributed by atoms with Crippen molar-refractivity contribution in [2.24, 2.45) is 0 Å². The van der Waals surface area contributed by atoms with E-state index in [-0.39, 0.29) is 23.9 Å². The molecule has 0 radical (unpaired) electrons. The van der Waals surface area contributed by atoms with E-state index in [0.717, 1.165) is 11.3 Å². The third-order valence-electron chi connectivity index (χ3n) is 3.35. The van der Waals surface area contributed by atoms with Crippen molar-refractivity contribution in [3.8, 4) is 0 Å². The van der Waals surface area contributed by atoms with Gasteiger partial charge in [-0.3, -0.25) is 14.6 Å². The van der Waals surface area contributed by atoms with E-state index in [0.29, 0.717) is 10.8 Å². The molecular formula is C18H16N4O2S. The van der Waals surface area contributed by atoms with Gasteiger partial charge >= 0.3 is 0 Å². The Morgan fingerprint density at radius 3 is 2.68 bits per heavy atom. The number of thiazole rings is 1. The molecule has 0 saturated carbocycles. The van der Waals surface area contributed by atoms with E-state index in [1.807, 2.05) is 37.3 Å². The number of aromatic nitrogens is 2. The summed E-state index contributed by atoms with van der Waals surface area (Å²) in [6, 6.07) is 12.9. The molecule has 2 aromatic heterocycles. The summed E-state index contributed by atoms with van der Waals surface area (Å²) < 4.78 is 0. The highest BCUT2D eigenvalue weighted by Crippen LogP contribution is 2.17. The molecule has 7 heteroatoms. The molecule has 0 atom stereocenters.